The zero-order valence-electron chi connectivity index (χ0n) is 31.3. The van der Waals surface area contributed by atoms with Crippen molar-refractivity contribution in [1.29, 1.82) is 0 Å². The Balaban J connectivity index is 2.66. The summed E-state index contributed by atoms with van der Waals surface area (Å²) in [5.74, 6) is -0.783. The van der Waals surface area contributed by atoms with Crippen LogP contribution in [0.1, 0.15) is 129 Å². The van der Waals surface area contributed by atoms with E-state index < -0.39 is 74.2 Å². The third kappa shape index (κ3) is 21.4. The van der Waals surface area contributed by atoms with Crippen molar-refractivity contribution in [2.24, 2.45) is 0 Å². The average molecular weight is 726 g/mol. The summed E-state index contributed by atoms with van der Waals surface area (Å²) < 4.78 is 11.0. The predicted molar refractivity (Wildman–Crippen MR) is 201 cm³/mol. The van der Waals surface area contributed by atoms with Crippen LogP contribution in [-0.2, 0) is 14.3 Å². The molecule has 1 aliphatic heterocycles. The molecular weight excluding hydrogens is 654 g/mol. The van der Waals surface area contributed by atoms with Crippen molar-refractivity contribution in [3.8, 4) is 0 Å². The van der Waals surface area contributed by atoms with Gasteiger partial charge in [-0.05, 0) is 64.2 Å². The van der Waals surface area contributed by atoms with Gasteiger partial charge in [0, 0.05) is 6.42 Å². The molecule has 0 bridgehead atoms. The van der Waals surface area contributed by atoms with Crippen LogP contribution in [0.3, 0.4) is 0 Å². The van der Waals surface area contributed by atoms with Crippen LogP contribution in [0.2, 0.25) is 0 Å². The number of ether oxygens (including phenoxy) is 2. The number of aliphatic hydroxyl groups excluding tert-OH is 7. The Morgan fingerprint density at radius 3 is 1.92 bits per heavy atom. The lowest BCUT2D eigenvalue weighted by atomic mass is 9.99. The van der Waals surface area contributed by atoms with Crippen molar-refractivity contribution in [2.45, 2.75) is 184 Å². The van der Waals surface area contributed by atoms with Crippen LogP contribution >= 0.6 is 0 Å². The Morgan fingerprint density at radius 1 is 0.706 bits per heavy atom. The van der Waals surface area contributed by atoms with Crippen LogP contribution < -0.4 is 5.32 Å². The van der Waals surface area contributed by atoms with Gasteiger partial charge in [-0.3, -0.25) is 4.79 Å². The second kappa shape index (κ2) is 30.5. The van der Waals surface area contributed by atoms with Gasteiger partial charge in [-0.2, -0.15) is 0 Å². The molecule has 11 nitrogen and oxygen atoms in total. The molecule has 1 amide bonds. The van der Waals surface area contributed by atoms with Gasteiger partial charge in [-0.25, -0.2) is 0 Å². The van der Waals surface area contributed by atoms with Crippen LogP contribution in [-0.4, -0.2) is 110 Å². The Kier molecular flexibility index (Phi) is 28.2. The van der Waals surface area contributed by atoms with E-state index in [2.05, 4.69) is 49.5 Å². The molecule has 51 heavy (non-hydrogen) atoms. The number of nitrogens with one attached hydrogen (secondary N) is 1. The summed E-state index contributed by atoms with van der Waals surface area (Å²) >= 11 is 0. The molecular formula is C40H71NO10. The van der Waals surface area contributed by atoms with E-state index in [4.69, 9.17) is 9.47 Å². The van der Waals surface area contributed by atoms with E-state index in [9.17, 15) is 40.5 Å². The zero-order chi connectivity index (χ0) is 37.7. The quantitative estimate of drug-likeness (QED) is 0.0382. The molecule has 11 heteroatoms. The second-order valence-corrected chi connectivity index (χ2v) is 13.6. The van der Waals surface area contributed by atoms with Crippen molar-refractivity contribution >= 4 is 5.91 Å². The van der Waals surface area contributed by atoms with Gasteiger partial charge in [0.05, 0.1) is 25.4 Å². The minimum Gasteiger partial charge on any atom is -0.394 e. The van der Waals surface area contributed by atoms with Gasteiger partial charge in [0.1, 0.15) is 36.6 Å². The van der Waals surface area contributed by atoms with Gasteiger partial charge < -0.3 is 50.5 Å². The number of hydrogen-bond donors (Lipinski definition) is 8. The van der Waals surface area contributed by atoms with Gasteiger partial charge in [-0.15, -0.1) is 0 Å². The summed E-state index contributed by atoms with van der Waals surface area (Å²) in [6.45, 7) is 3.28. The molecule has 0 spiro atoms. The molecule has 1 aliphatic rings. The molecule has 9 atom stereocenters. The van der Waals surface area contributed by atoms with Crippen molar-refractivity contribution in [1.82, 2.24) is 5.32 Å². The topological polar surface area (TPSA) is 189 Å². The molecule has 1 saturated heterocycles. The molecule has 8 N–H and O–H groups in total. The SMILES string of the molecule is CCCCC/C=C/CC/C=C/CCCC(O)C(O)C(COC1OC(CO)C(O)C(O)C1O)NC(=O)C(O)C/C=C\C/C=C\CCCCCCCC. The summed E-state index contributed by atoms with van der Waals surface area (Å²) in [5, 5.41) is 75.0. The number of hydrogen-bond acceptors (Lipinski definition) is 10. The molecule has 0 aliphatic carbocycles. The van der Waals surface area contributed by atoms with Crippen molar-refractivity contribution in [2.75, 3.05) is 13.2 Å². The summed E-state index contributed by atoms with van der Waals surface area (Å²) in [7, 11) is 0. The van der Waals surface area contributed by atoms with Crippen molar-refractivity contribution < 1.29 is 50.0 Å². The predicted octanol–water partition coefficient (Wildman–Crippen LogP) is 4.66. The third-order valence-corrected chi connectivity index (χ3v) is 9.09. The first-order valence-electron chi connectivity index (χ1n) is 19.5. The van der Waals surface area contributed by atoms with E-state index in [1.54, 1.807) is 6.08 Å². The minimum absolute atomic E-state index is 0.0387. The Labute approximate surface area is 307 Å². The summed E-state index contributed by atoms with van der Waals surface area (Å²) in [4.78, 5) is 12.9. The largest absolute Gasteiger partial charge is 0.394 e. The highest BCUT2D eigenvalue weighted by molar-refractivity contribution is 5.81. The van der Waals surface area contributed by atoms with E-state index in [-0.39, 0.29) is 12.8 Å². The fourth-order valence-corrected chi connectivity index (χ4v) is 5.73. The van der Waals surface area contributed by atoms with Crippen LogP contribution in [0.25, 0.3) is 0 Å². The number of unbranched alkanes of at least 4 members (excludes halogenated alkanes) is 11. The lowest BCUT2D eigenvalue weighted by Crippen LogP contribution is -2.60. The number of aliphatic hydroxyl groups is 7. The number of allylic oxidation sites excluding steroid dienone is 7. The van der Waals surface area contributed by atoms with Crippen LogP contribution in [0, 0.1) is 0 Å². The third-order valence-electron chi connectivity index (χ3n) is 9.09. The molecule has 296 valence electrons. The zero-order valence-corrected chi connectivity index (χ0v) is 31.3. The number of rotatable bonds is 30. The molecule has 1 heterocycles. The smallest absolute Gasteiger partial charge is 0.249 e. The number of carbonyl (C=O) groups excluding carboxylic acids is 1. The monoisotopic (exact) mass is 726 g/mol. The van der Waals surface area contributed by atoms with E-state index in [1.165, 1.54) is 57.8 Å². The molecule has 0 aromatic carbocycles. The molecule has 0 radical (unpaired) electrons. The highest BCUT2D eigenvalue weighted by Gasteiger charge is 2.44. The molecule has 1 fully saturated rings. The van der Waals surface area contributed by atoms with Gasteiger partial charge in [0.15, 0.2) is 6.29 Å². The van der Waals surface area contributed by atoms with E-state index in [1.807, 2.05) is 12.2 Å². The lowest BCUT2D eigenvalue weighted by molar-refractivity contribution is -0.303. The molecule has 0 aromatic rings. The molecule has 0 saturated carbocycles. The Morgan fingerprint density at radius 2 is 1.25 bits per heavy atom. The van der Waals surface area contributed by atoms with Gasteiger partial charge in [0.25, 0.3) is 0 Å². The first kappa shape index (κ1) is 47.1. The standard InChI is InChI=1S/C40H71NO10/c1-3-5-7-9-11-13-15-17-19-21-23-25-27-32(43)35(45)31(30-50-40-38(48)37(47)36(46)34(29-42)51-40)41-39(49)33(44)28-26-24-22-20-18-16-14-12-10-8-6-4-2/h11,13,18-21,24,26,31-38,40,42-48H,3-10,12,14-17,22-23,25,27-30H2,1-2H3,(H,41,49)/b13-11+,20-18-,21-19+,26-24-. The van der Waals surface area contributed by atoms with Gasteiger partial charge in [0.2, 0.25) is 5.91 Å². The number of carbonyl (C=O) groups is 1. The maximum Gasteiger partial charge on any atom is 0.249 e. The van der Waals surface area contributed by atoms with E-state index in [0.717, 1.165) is 25.7 Å². The van der Waals surface area contributed by atoms with Crippen molar-refractivity contribution in [3.05, 3.63) is 48.6 Å². The molecule has 0 aromatic heterocycles. The fraction of sp³-hybridized carbons (Fsp3) is 0.775. The van der Waals surface area contributed by atoms with E-state index >= 15 is 0 Å². The summed E-state index contributed by atoms with van der Waals surface area (Å²) in [6.07, 6.45) is 22.0. The fourth-order valence-electron chi connectivity index (χ4n) is 5.73. The molecule has 1 rings (SSSR count). The highest BCUT2D eigenvalue weighted by Crippen LogP contribution is 2.23. The summed E-state index contributed by atoms with van der Waals surface area (Å²) in [5.41, 5.74) is 0. The number of amides is 1. The molecule has 9 unspecified atom stereocenters. The lowest BCUT2D eigenvalue weighted by Gasteiger charge is -2.40. The Bertz CT molecular complexity index is 971. The summed E-state index contributed by atoms with van der Waals surface area (Å²) in [6, 6.07) is -1.22. The van der Waals surface area contributed by atoms with Crippen molar-refractivity contribution in [3.63, 3.8) is 0 Å². The Hall–Kier alpha value is -1.93. The maximum atomic E-state index is 12.9. The van der Waals surface area contributed by atoms with Gasteiger partial charge in [-0.1, -0.05) is 107 Å². The second-order valence-electron chi connectivity index (χ2n) is 13.6. The van der Waals surface area contributed by atoms with E-state index in [0.29, 0.717) is 19.3 Å². The maximum absolute atomic E-state index is 12.9. The highest BCUT2D eigenvalue weighted by atomic mass is 16.7. The van der Waals surface area contributed by atoms with Crippen LogP contribution in [0.4, 0.5) is 0 Å². The van der Waals surface area contributed by atoms with Crippen LogP contribution in [0.5, 0.6) is 0 Å². The normalized spacial score (nSPS) is 23.8. The first-order valence-corrected chi connectivity index (χ1v) is 19.5. The first-order chi connectivity index (χ1) is 24.7. The van der Waals surface area contributed by atoms with Crippen LogP contribution in [0.15, 0.2) is 48.6 Å². The average Bonchev–Trinajstić information content (AvgIpc) is 3.13. The van der Waals surface area contributed by atoms with Gasteiger partial charge >= 0.3 is 0 Å². The minimum atomic E-state index is -1.68.